The van der Waals surface area contributed by atoms with Crippen LogP contribution in [-0.4, -0.2) is 27.7 Å². The number of thiophene rings is 1. The van der Waals surface area contributed by atoms with Crippen LogP contribution < -0.4 is 10.9 Å². The van der Waals surface area contributed by atoms with E-state index in [-0.39, 0.29) is 11.5 Å². The van der Waals surface area contributed by atoms with Gasteiger partial charge in [0.25, 0.3) is 5.91 Å². The first kappa shape index (κ1) is 19.6. The van der Waals surface area contributed by atoms with Crippen LogP contribution in [0.2, 0.25) is 0 Å². The first-order valence-electron chi connectivity index (χ1n) is 8.69. The van der Waals surface area contributed by atoms with Gasteiger partial charge < -0.3 is 4.74 Å². The minimum Gasteiger partial charge on any atom is -0.370 e. The number of hydrogen-bond donors (Lipinski definition) is 2. The van der Waals surface area contributed by atoms with Crippen LogP contribution in [0.25, 0.3) is 10.2 Å². The van der Waals surface area contributed by atoms with Crippen LogP contribution in [0.5, 0.6) is 0 Å². The maximum absolute atomic E-state index is 12.6. The van der Waals surface area contributed by atoms with Crippen molar-refractivity contribution in [2.75, 3.05) is 11.7 Å². The van der Waals surface area contributed by atoms with Crippen molar-refractivity contribution in [2.45, 2.75) is 37.6 Å². The van der Waals surface area contributed by atoms with E-state index in [1.807, 2.05) is 24.5 Å². The Morgan fingerprint density at radius 3 is 2.86 bits per heavy atom. The standard InChI is InChI=1S/C19H19BrN4O2S2/c1-19(2)8-11-13(9-26-19)28-17-14(11)15(21-18(22-17)27-3)23-24-16(25)10-6-4-5-7-12(10)20/h4-7H,8-9H2,1-3H3,(H,24,25)(H,21,22,23). The van der Waals surface area contributed by atoms with Crippen molar-refractivity contribution < 1.29 is 9.53 Å². The maximum Gasteiger partial charge on any atom is 0.270 e. The van der Waals surface area contributed by atoms with E-state index in [0.717, 1.165) is 21.1 Å². The number of fused-ring (bicyclic) bond motifs is 3. The van der Waals surface area contributed by atoms with Crippen molar-refractivity contribution in [1.29, 1.82) is 0 Å². The molecular formula is C19H19BrN4O2S2. The quantitative estimate of drug-likeness (QED) is 0.319. The first-order valence-corrected chi connectivity index (χ1v) is 11.5. The van der Waals surface area contributed by atoms with Gasteiger partial charge in [0, 0.05) is 15.8 Å². The van der Waals surface area contributed by atoms with E-state index in [1.165, 1.54) is 22.2 Å². The van der Waals surface area contributed by atoms with Crippen molar-refractivity contribution in [3.05, 3.63) is 44.7 Å². The number of aromatic nitrogens is 2. The van der Waals surface area contributed by atoms with E-state index in [9.17, 15) is 4.79 Å². The van der Waals surface area contributed by atoms with Gasteiger partial charge in [-0.3, -0.25) is 15.6 Å². The number of amides is 1. The summed E-state index contributed by atoms with van der Waals surface area (Å²) in [5.41, 5.74) is 7.31. The Morgan fingerprint density at radius 2 is 2.11 bits per heavy atom. The zero-order valence-corrected chi connectivity index (χ0v) is 18.8. The average Bonchev–Trinajstić information content (AvgIpc) is 3.02. The fraction of sp³-hybridized carbons (Fsp3) is 0.316. The number of nitrogens with one attached hydrogen (secondary N) is 2. The van der Waals surface area contributed by atoms with E-state index >= 15 is 0 Å². The normalized spacial score (nSPS) is 15.3. The summed E-state index contributed by atoms with van der Waals surface area (Å²) in [6.07, 6.45) is 2.71. The van der Waals surface area contributed by atoms with Crippen molar-refractivity contribution in [3.8, 4) is 0 Å². The monoisotopic (exact) mass is 478 g/mol. The number of hydrogen-bond acceptors (Lipinski definition) is 7. The van der Waals surface area contributed by atoms with Gasteiger partial charge in [-0.05, 0) is 53.7 Å². The number of hydrazine groups is 1. The van der Waals surface area contributed by atoms with E-state index < -0.39 is 0 Å². The molecule has 2 N–H and O–H groups in total. The fourth-order valence-corrected chi connectivity index (χ4v) is 5.13. The molecule has 0 saturated carbocycles. The molecular weight excluding hydrogens is 460 g/mol. The molecule has 1 aliphatic rings. The van der Waals surface area contributed by atoms with Gasteiger partial charge in [0.2, 0.25) is 0 Å². The molecule has 3 heterocycles. The Morgan fingerprint density at radius 1 is 1.32 bits per heavy atom. The highest BCUT2D eigenvalue weighted by Crippen LogP contribution is 2.41. The Hall–Kier alpha value is -1.68. The topological polar surface area (TPSA) is 76.1 Å². The number of benzene rings is 1. The Kier molecular flexibility index (Phi) is 5.34. The van der Waals surface area contributed by atoms with Crippen LogP contribution in [-0.2, 0) is 17.8 Å². The third-order valence-electron chi connectivity index (χ3n) is 4.51. The van der Waals surface area contributed by atoms with E-state index in [4.69, 9.17) is 4.74 Å². The van der Waals surface area contributed by atoms with Gasteiger partial charge >= 0.3 is 0 Å². The molecule has 0 fully saturated rings. The molecule has 2 aromatic heterocycles. The molecule has 9 heteroatoms. The minimum absolute atomic E-state index is 0.238. The minimum atomic E-state index is -0.241. The van der Waals surface area contributed by atoms with Gasteiger partial charge in [-0.2, -0.15) is 0 Å². The number of carbonyl (C=O) groups excluding carboxylic acids is 1. The second-order valence-electron chi connectivity index (χ2n) is 7.03. The van der Waals surface area contributed by atoms with Gasteiger partial charge in [0.05, 0.1) is 23.2 Å². The number of ether oxygens (including phenoxy) is 1. The summed E-state index contributed by atoms with van der Waals surface area (Å²) >= 11 is 6.51. The SMILES string of the molecule is CSc1nc(NNC(=O)c2ccccc2Br)c2c3c(sc2n1)COC(C)(C)C3. The first-order chi connectivity index (χ1) is 13.4. The van der Waals surface area contributed by atoms with Crippen molar-refractivity contribution >= 4 is 61.0 Å². The maximum atomic E-state index is 12.6. The summed E-state index contributed by atoms with van der Waals surface area (Å²) in [6.45, 7) is 4.73. The Bertz CT molecular complexity index is 1070. The summed E-state index contributed by atoms with van der Waals surface area (Å²) in [5.74, 6) is 0.377. The lowest BCUT2D eigenvalue weighted by Gasteiger charge is -2.30. The van der Waals surface area contributed by atoms with Crippen molar-refractivity contribution in [3.63, 3.8) is 0 Å². The summed E-state index contributed by atoms with van der Waals surface area (Å²) in [4.78, 5) is 23.9. The highest BCUT2D eigenvalue weighted by Gasteiger charge is 2.31. The number of nitrogens with zero attached hydrogens (tertiary/aromatic N) is 2. The average molecular weight is 479 g/mol. The zero-order chi connectivity index (χ0) is 19.9. The van der Waals surface area contributed by atoms with Gasteiger partial charge in [-0.25, -0.2) is 9.97 Å². The van der Waals surface area contributed by atoms with Gasteiger partial charge in [-0.1, -0.05) is 23.9 Å². The Balaban J connectivity index is 1.70. The molecule has 28 heavy (non-hydrogen) atoms. The molecule has 0 unspecified atom stereocenters. The number of carbonyl (C=O) groups is 1. The van der Waals surface area contributed by atoms with Crippen LogP contribution in [0, 0.1) is 0 Å². The molecule has 0 radical (unpaired) electrons. The predicted octanol–water partition coefficient (Wildman–Crippen LogP) is 4.78. The summed E-state index contributed by atoms with van der Waals surface area (Å²) in [7, 11) is 0. The number of rotatable bonds is 4. The molecule has 146 valence electrons. The van der Waals surface area contributed by atoms with E-state index in [1.54, 1.807) is 17.4 Å². The highest BCUT2D eigenvalue weighted by atomic mass is 79.9. The summed E-state index contributed by atoms with van der Waals surface area (Å²) in [6, 6.07) is 7.29. The number of anilines is 1. The highest BCUT2D eigenvalue weighted by molar-refractivity contribution is 9.10. The summed E-state index contributed by atoms with van der Waals surface area (Å²) in [5, 5.41) is 1.62. The second kappa shape index (κ2) is 7.62. The molecule has 0 aliphatic carbocycles. The molecule has 1 aliphatic heterocycles. The van der Waals surface area contributed by atoms with Crippen LogP contribution in [0.15, 0.2) is 33.9 Å². The molecule has 1 aromatic carbocycles. The largest absolute Gasteiger partial charge is 0.370 e. The third kappa shape index (κ3) is 3.76. The van der Waals surface area contributed by atoms with Crippen LogP contribution in [0.1, 0.15) is 34.6 Å². The zero-order valence-electron chi connectivity index (χ0n) is 15.6. The third-order valence-corrected chi connectivity index (χ3v) is 6.84. The molecule has 6 nitrogen and oxygen atoms in total. The Labute approximate surface area is 179 Å². The van der Waals surface area contributed by atoms with E-state index in [0.29, 0.717) is 23.1 Å². The van der Waals surface area contributed by atoms with Gasteiger partial charge in [0.15, 0.2) is 11.0 Å². The van der Waals surface area contributed by atoms with Crippen molar-refractivity contribution in [2.24, 2.45) is 0 Å². The molecule has 0 saturated heterocycles. The van der Waals surface area contributed by atoms with Crippen LogP contribution in [0.3, 0.4) is 0 Å². The van der Waals surface area contributed by atoms with Crippen molar-refractivity contribution in [1.82, 2.24) is 15.4 Å². The molecule has 1 amide bonds. The van der Waals surface area contributed by atoms with Crippen LogP contribution >= 0.6 is 39.0 Å². The molecule has 0 bridgehead atoms. The van der Waals surface area contributed by atoms with Gasteiger partial charge in [0.1, 0.15) is 4.83 Å². The second-order valence-corrected chi connectivity index (χ2v) is 9.74. The molecule has 0 spiro atoms. The van der Waals surface area contributed by atoms with Crippen LogP contribution in [0.4, 0.5) is 5.82 Å². The molecule has 3 aromatic rings. The van der Waals surface area contributed by atoms with E-state index in [2.05, 4.69) is 50.6 Å². The lowest BCUT2D eigenvalue weighted by atomic mass is 9.94. The summed E-state index contributed by atoms with van der Waals surface area (Å²) < 4.78 is 6.68. The number of thioether (sulfide) groups is 1. The number of halogens is 1. The molecule has 0 atom stereocenters. The molecule has 4 rings (SSSR count). The lowest BCUT2D eigenvalue weighted by molar-refractivity contribution is -0.0379. The smallest absolute Gasteiger partial charge is 0.270 e. The predicted molar refractivity (Wildman–Crippen MR) is 117 cm³/mol. The van der Waals surface area contributed by atoms with Gasteiger partial charge in [-0.15, -0.1) is 11.3 Å². The fourth-order valence-electron chi connectivity index (χ4n) is 3.14. The lowest BCUT2D eigenvalue weighted by Crippen LogP contribution is -2.32.